The van der Waals surface area contributed by atoms with E-state index < -0.39 is 35.7 Å². The molecule has 0 saturated heterocycles. The van der Waals surface area contributed by atoms with E-state index in [4.69, 9.17) is 20.4 Å². The summed E-state index contributed by atoms with van der Waals surface area (Å²) in [5, 5.41) is 34.7. The molecule has 0 rings (SSSR count). The fourth-order valence-corrected chi connectivity index (χ4v) is 2.11. The molecule has 126 valence electrons. The van der Waals surface area contributed by atoms with E-state index in [9.17, 15) is 19.2 Å². The average Bonchev–Trinajstić information content (AvgIpc) is 2.38. The van der Waals surface area contributed by atoms with Gasteiger partial charge in [-0.15, -0.1) is 0 Å². The highest BCUT2D eigenvalue weighted by Crippen LogP contribution is 2.15. The summed E-state index contributed by atoms with van der Waals surface area (Å²) in [5.74, 6) is -8.07. The molecule has 0 unspecified atom stereocenters. The zero-order valence-corrected chi connectivity index (χ0v) is 12.2. The molecule has 0 aromatic heterocycles. The van der Waals surface area contributed by atoms with Crippen molar-refractivity contribution in [2.75, 3.05) is 0 Å². The number of carboxylic acids is 4. The topological polar surface area (TPSA) is 149 Å². The standard InChI is InChI=1S/C14H22O8/c15-11(16)9(12(17)18)7-5-3-1-2-4-6-8-10(13(19)20)14(21)22/h9-10H,1-8H2,(H,15,16)(H,17,18)(H,19,20)(H,21,22). The summed E-state index contributed by atoms with van der Waals surface area (Å²) in [6.45, 7) is 0. The second-order valence-electron chi connectivity index (χ2n) is 5.16. The third-order valence-corrected chi connectivity index (χ3v) is 3.43. The van der Waals surface area contributed by atoms with Crippen LogP contribution in [0.2, 0.25) is 0 Å². The Hall–Kier alpha value is -2.12. The van der Waals surface area contributed by atoms with Crippen LogP contribution in [0.25, 0.3) is 0 Å². The van der Waals surface area contributed by atoms with Crippen LogP contribution < -0.4 is 0 Å². The minimum Gasteiger partial charge on any atom is -0.481 e. The van der Waals surface area contributed by atoms with Crippen molar-refractivity contribution >= 4 is 23.9 Å². The maximum absolute atomic E-state index is 10.6. The lowest BCUT2D eigenvalue weighted by Gasteiger charge is -2.08. The van der Waals surface area contributed by atoms with Crippen LogP contribution in [0.15, 0.2) is 0 Å². The Morgan fingerprint density at radius 3 is 0.955 bits per heavy atom. The number of carbonyl (C=O) groups is 4. The van der Waals surface area contributed by atoms with E-state index in [-0.39, 0.29) is 12.8 Å². The summed E-state index contributed by atoms with van der Waals surface area (Å²) in [6.07, 6.45) is 4.10. The van der Waals surface area contributed by atoms with E-state index in [0.29, 0.717) is 25.7 Å². The molecule has 0 atom stereocenters. The summed E-state index contributed by atoms with van der Waals surface area (Å²) in [7, 11) is 0. The first-order valence-electron chi connectivity index (χ1n) is 7.18. The molecule has 0 aromatic carbocycles. The Bertz CT molecular complexity index is 338. The van der Waals surface area contributed by atoms with E-state index in [1.165, 1.54) is 0 Å². The minimum absolute atomic E-state index is 0.0881. The molecule has 0 saturated carbocycles. The van der Waals surface area contributed by atoms with Crippen LogP contribution in [0.1, 0.15) is 51.4 Å². The van der Waals surface area contributed by atoms with Gasteiger partial charge in [-0.05, 0) is 12.8 Å². The third-order valence-electron chi connectivity index (χ3n) is 3.43. The van der Waals surface area contributed by atoms with Gasteiger partial charge in [0.2, 0.25) is 0 Å². The first kappa shape index (κ1) is 19.9. The Balaban J connectivity index is 3.70. The zero-order valence-electron chi connectivity index (χ0n) is 12.2. The maximum atomic E-state index is 10.6. The Kier molecular flexibility index (Phi) is 9.56. The summed E-state index contributed by atoms with van der Waals surface area (Å²) >= 11 is 0. The molecule has 0 aliphatic heterocycles. The van der Waals surface area contributed by atoms with Crippen molar-refractivity contribution in [3.63, 3.8) is 0 Å². The molecular formula is C14H22O8. The zero-order chi connectivity index (χ0) is 17.1. The molecule has 0 bridgehead atoms. The summed E-state index contributed by atoms with van der Waals surface area (Å²) < 4.78 is 0. The molecule has 4 N–H and O–H groups in total. The van der Waals surface area contributed by atoms with E-state index in [0.717, 1.165) is 12.8 Å². The molecule has 0 radical (unpaired) electrons. The highest BCUT2D eigenvalue weighted by molar-refractivity contribution is 5.93. The van der Waals surface area contributed by atoms with Crippen LogP contribution in [0.3, 0.4) is 0 Å². The average molecular weight is 318 g/mol. The second-order valence-corrected chi connectivity index (χ2v) is 5.16. The normalized spacial score (nSPS) is 10.8. The SMILES string of the molecule is O=C(O)C(CCCCCCCCC(C(=O)O)C(=O)O)C(=O)O. The van der Waals surface area contributed by atoms with Crippen LogP contribution in [-0.4, -0.2) is 44.3 Å². The smallest absolute Gasteiger partial charge is 0.317 e. The number of hydrogen-bond donors (Lipinski definition) is 4. The van der Waals surface area contributed by atoms with Gasteiger partial charge in [0.05, 0.1) is 0 Å². The van der Waals surface area contributed by atoms with Crippen molar-refractivity contribution in [1.29, 1.82) is 0 Å². The van der Waals surface area contributed by atoms with Crippen LogP contribution in [0, 0.1) is 11.8 Å². The van der Waals surface area contributed by atoms with Gasteiger partial charge in [-0.2, -0.15) is 0 Å². The Morgan fingerprint density at radius 1 is 0.500 bits per heavy atom. The van der Waals surface area contributed by atoms with Crippen molar-refractivity contribution in [3.8, 4) is 0 Å². The van der Waals surface area contributed by atoms with E-state index in [1.807, 2.05) is 0 Å². The number of unbranched alkanes of at least 4 members (excludes halogenated alkanes) is 5. The molecule has 0 spiro atoms. The Labute approximate surface area is 127 Å². The number of aliphatic carboxylic acids is 4. The quantitative estimate of drug-likeness (QED) is 0.296. The fourth-order valence-electron chi connectivity index (χ4n) is 2.11. The van der Waals surface area contributed by atoms with E-state index in [1.54, 1.807) is 0 Å². The summed E-state index contributed by atoms with van der Waals surface area (Å²) in [4.78, 5) is 42.6. The largest absolute Gasteiger partial charge is 0.481 e. The summed E-state index contributed by atoms with van der Waals surface area (Å²) in [6, 6.07) is 0. The molecule has 0 fully saturated rings. The molecule has 0 heterocycles. The van der Waals surface area contributed by atoms with Gasteiger partial charge in [0.1, 0.15) is 0 Å². The highest BCUT2D eigenvalue weighted by atomic mass is 16.4. The van der Waals surface area contributed by atoms with Crippen molar-refractivity contribution in [2.24, 2.45) is 11.8 Å². The van der Waals surface area contributed by atoms with Gasteiger partial charge in [-0.25, -0.2) is 0 Å². The van der Waals surface area contributed by atoms with Crippen molar-refractivity contribution in [2.45, 2.75) is 51.4 Å². The van der Waals surface area contributed by atoms with E-state index in [2.05, 4.69) is 0 Å². The van der Waals surface area contributed by atoms with Crippen LogP contribution >= 0.6 is 0 Å². The molecule has 8 nitrogen and oxygen atoms in total. The molecule has 8 heteroatoms. The van der Waals surface area contributed by atoms with Crippen LogP contribution in [0.5, 0.6) is 0 Å². The van der Waals surface area contributed by atoms with Gasteiger partial charge in [0, 0.05) is 0 Å². The molecule has 0 aromatic rings. The van der Waals surface area contributed by atoms with Crippen molar-refractivity contribution in [3.05, 3.63) is 0 Å². The van der Waals surface area contributed by atoms with Crippen LogP contribution in [0.4, 0.5) is 0 Å². The van der Waals surface area contributed by atoms with Gasteiger partial charge in [0.25, 0.3) is 0 Å². The Morgan fingerprint density at radius 2 is 0.727 bits per heavy atom. The second kappa shape index (κ2) is 10.6. The lowest BCUT2D eigenvalue weighted by molar-refractivity contribution is -0.156. The number of rotatable bonds is 13. The van der Waals surface area contributed by atoms with Gasteiger partial charge in [-0.3, -0.25) is 19.2 Å². The first-order valence-corrected chi connectivity index (χ1v) is 7.18. The monoisotopic (exact) mass is 318 g/mol. The molecule has 0 amide bonds. The number of carboxylic acid groups (broad SMARTS) is 4. The fraction of sp³-hybridized carbons (Fsp3) is 0.714. The lowest BCUT2D eigenvalue weighted by atomic mass is 9.98. The number of hydrogen-bond acceptors (Lipinski definition) is 4. The first-order chi connectivity index (χ1) is 10.3. The van der Waals surface area contributed by atoms with Gasteiger partial charge in [0.15, 0.2) is 11.8 Å². The molecular weight excluding hydrogens is 296 g/mol. The minimum atomic E-state index is -1.37. The van der Waals surface area contributed by atoms with Gasteiger partial charge < -0.3 is 20.4 Å². The van der Waals surface area contributed by atoms with Crippen molar-refractivity contribution in [1.82, 2.24) is 0 Å². The lowest BCUT2D eigenvalue weighted by Crippen LogP contribution is -2.23. The van der Waals surface area contributed by atoms with Crippen LogP contribution in [-0.2, 0) is 19.2 Å². The van der Waals surface area contributed by atoms with Crippen molar-refractivity contribution < 1.29 is 39.6 Å². The highest BCUT2D eigenvalue weighted by Gasteiger charge is 2.25. The predicted molar refractivity (Wildman–Crippen MR) is 74.5 cm³/mol. The van der Waals surface area contributed by atoms with E-state index >= 15 is 0 Å². The maximum Gasteiger partial charge on any atom is 0.317 e. The summed E-state index contributed by atoms with van der Waals surface area (Å²) in [5.41, 5.74) is 0. The van der Waals surface area contributed by atoms with Gasteiger partial charge >= 0.3 is 23.9 Å². The predicted octanol–water partition coefficient (Wildman–Crippen LogP) is 1.68. The molecule has 0 aliphatic rings. The van der Waals surface area contributed by atoms with Gasteiger partial charge in [-0.1, -0.05) is 38.5 Å². The molecule has 22 heavy (non-hydrogen) atoms. The molecule has 0 aliphatic carbocycles. The third kappa shape index (κ3) is 8.23.